The van der Waals surface area contributed by atoms with Crippen LogP contribution in [0.1, 0.15) is 26.3 Å². The van der Waals surface area contributed by atoms with E-state index >= 15 is 8.78 Å². The maximum Gasteiger partial charge on any atom is 0.337 e. The van der Waals surface area contributed by atoms with Crippen LogP contribution in [-0.4, -0.2) is 62.3 Å². The van der Waals surface area contributed by atoms with E-state index in [4.69, 9.17) is 9.47 Å². The lowest BCUT2D eigenvalue weighted by atomic mass is 10.0. The summed E-state index contributed by atoms with van der Waals surface area (Å²) in [5.74, 6) is -3.84. The Morgan fingerprint density at radius 2 is 1.66 bits per heavy atom. The number of carbonyl (C=O) groups is 2. The number of ether oxygens (including phenoxy) is 2. The topological polar surface area (TPSA) is 91.3 Å². The highest BCUT2D eigenvalue weighted by Gasteiger charge is 2.30. The molecule has 200 valence electrons. The van der Waals surface area contributed by atoms with Crippen LogP contribution < -0.4 is 19.7 Å². The highest BCUT2D eigenvalue weighted by molar-refractivity contribution is 14.1. The fourth-order valence-corrected chi connectivity index (χ4v) is 4.99. The minimum atomic E-state index is -1.49. The molecule has 3 aromatic carbocycles. The summed E-state index contributed by atoms with van der Waals surface area (Å²) < 4.78 is 42.1. The summed E-state index contributed by atoms with van der Waals surface area (Å²) in [5.41, 5.74) is 0.265. The van der Waals surface area contributed by atoms with Gasteiger partial charge in [-0.15, -0.1) is 0 Å². The smallest absolute Gasteiger partial charge is 0.337 e. The number of nitrogens with zero attached hydrogens (tertiary/aromatic N) is 2. The standard InChI is InChI=1S/C27H26F2IN3O5/c1-15-12-16(30)4-6-20(15)31-25-19(27(35)36)14-18(23(28)24(25)29)26(34)33-10-8-32(9-11-33)21-7-5-17(37-2)13-22(21)38-3/h4-7,12-14,31H,8-11H2,1-3H3,(H,35,36). The second-order valence-electron chi connectivity index (χ2n) is 8.68. The van der Waals surface area contributed by atoms with E-state index in [9.17, 15) is 14.7 Å². The van der Waals surface area contributed by atoms with Crippen molar-refractivity contribution >= 4 is 51.5 Å². The summed E-state index contributed by atoms with van der Waals surface area (Å²) in [4.78, 5) is 28.6. The molecule has 1 aliphatic heterocycles. The van der Waals surface area contributed by atoms with Crippen LogP contribution in [0, 0.1) is 22.1 Å². The summed E-state index contributed by atoms with van der Waals surface area (Å²) in [5, 5.41) is 12.4. The van der Waals surface area contributed by atoms with Gasteiger partial charge >= 0.3 is 5.97 Å². The Labute approximate surface area is 232 Å². The molecule has 1 heterocycles. The van der Waals surface area contributed by atoms with E-state index in [1.807, 2.05) is 17.0 Å². The molecule has 2 N–H and O–H groups in total. The van der Waals surface area contributed by atoms with Gasteiger partial charge in [0.25, 0.3) is 5.91 Å². The average molecular weight is 637 g/mol. The molecule has 8 nitrogen and oxygen atoms in total. The van der Waals surface area contributed by atoms with E-state index < -0.39 is 40.3 Å². The average Bonchev–Trinajstić information content (AvgIpc) is 2.91. The summed E-state index contributed by atoms with van der Waals surface area (Å²) in [6.07, 6.45) is 0. The maximum atomic E-state index is 15.2. The number of piperazine rings is 1. The molecule has 1 aliphatic rings. The van der Waals surface area contributed by atoms with Crippen molar-refractivity contribution in [2.45, 2.75) is 6.92 Å². The molecule has 0 unspecified atom stereocenters. The number of benzene rings is 3. The van der Waals surface area contributed by atoms with Gasteiger partial charge in [0, 0.05) is 41.5 Å². The van der Waals surface area contributed by atoms with Crippen LogP contribution in [0.25, 0.3) is 0 Å². The number of hydrogen-bond acceptors (Lipinski definition) is 6. The number of anilines is 3. The van der Waals surface area contributed by atoms with Crippen LogP contribution >= 0.6 is 22.6 Å². The van der Waals surface area contributed by atoms with Gasteiger partial charge in [0.2, 0.25) is 0 Å². The molecular formula is C27H26F2IN3O5. The summed E-state index contributed by atoms with van der Waals surface area (Å²) >= 11 is 2.11. The van der Waals surface area contributed by atoms with Crippen molar-refractivity contribution < 1.29 is 33.0 Å². The Balaban J connectivity index is 1.57. The van der Waals surface area contributed by atoms with Gasteiger partial charge in [-0.05, 0) is 71.5 Å². The molecule has 4 rings (SSSR count). The highest BCUT2D eigenvalue weighted by atomic mass is 127. The van der Waals surface area contributed by atoms with Crippen LogP contribution in [0.2, 0.25) is 0 Å². The number of methoxy groups -OCH3 is 2. The van der Waals surface area contributed by atoms with E-state index in [0.29, 0.717) is 30.3 Å². The van der Waals surface area contributed by atoms with Crippen molar-refractivity contribution in [1.29, 1.82) is 0 Å². The lowest BCUT2D eigenvalue weighted by Crippen LogP contribution is -2.49. The van der Waals surface area contributed by atoms with Crippen LogP contribution in [0.15, 0.2) is 42.5 Å². The molecule has 1 amide bonds. The van der Waals surface area contributed by atoms with Crippen molar-refractivity contribution in [3.8, 4) is 11.5 Å². The summed E-state index contributed by atoms with van der Waals surface area (Å²) in [6.45, 7) is 3.03. The van der Waals surface area contributed by atoms with Crippen molar-refractivity contribution in [3.63, 3.8) is 0 Å². The quantitative estimate of drug-likeness (QED) is 0.340. The first kappa shape index (κ1) is 27.4. The number of aromatic carboxylic acids is 1. The zero-order chi connectivity index (χ0) is 27.6. The van der Waals surface area contributed by atoms with E-state index in [1.54, 1.807) is 45.4 Å². The SMILES string of the molecule is COc1ccc(N2CCN(C(=O)c3cc(C(=O)O)c(Nc4ccc(I)cc4C)c(F)c3F)CC2)c(OC)c1. The van der Waals surface area contributed by atoms with E-state index in [0.717, 1.165) is 20.9 Å². The number of nitrogens with one attached hydrogen (secondary N) is 1. The molecular weight excluding hydrogens is 611 g/mol. The number of carbonyl (C=O) groups excluding carboxylic acids is 1. The minimum absolute atomic E-state index is 0.222. The Hall–Kier alpha value is -3.61. The molecule has 1 fully saturated rings. The number of carboxylic acids is 1. The maximum absolute atomic E-state index is 15.2. The number of rotatable bonds is 7. The van der Waals surface area contributed by atoms with Crippen molar-refractivity contribution in [3.05, 3.63) is 74.4 Å². The highest BCUT2D eigenvalue weighted by Crippen LogP contribution is 2.34. The molecule has 0 aliphatic carbocycles. The molecule has 0 spiro atoms. The number of aryl methyl sites for hydroxylation is 1. The van der Waals surface area contributed by atoms with Crippen molar-refractivity contribution in [2.24, 2.45) is 0 Å². The van der Waals surface area contributed by atoms with Crippen molar-refractivity contribution in [1.82, 2.24) is 4.90 Å². The minimum Gasteiger partial charge on any atom is -0.497 e. The van der Waals surface area contributed by atoms with Gasteiger partial charge in [-0.25, -0.2) is 13.6 Å². The number of hydrogen-bond donors (Lipinski definition) is 2. The van der Waals surface area contributed by atoms with Crippen LogP contribution in [0.4, 0.5) is 25.8 Å². The summed E-state index contributed by atoms with van der Waals surface area (Å²) in [6, 6.07) is 11.5. The van der Waals surface area contributed by atoms with Gasteiger partial charge in [-0.2, -0.15) is 0 Å². The normalized spacial score (nSPS) is 13.3. The van der Waals surface area contributed by atoms with Crippen LogP contribution in [0.3, 0.4) is 0 Å². The molecule has 0 aromatic heterocycles. The Kier molecular flexibility index (Phi) is 8.24. The number of carboxylic acid groups (broad SMARTS) is 1. The molecule has 0 atom stereocenters. The molecule has 0 bridgehead atoms. The van der Waals surface area contributed by atoms with Gasteiger partial charge in [0.15, 0.2) is 11.6 Å². The monoisotopic (exact) mass is 637 g/mol. The fraction of sp³-hybridized carbons (Fsp3) is 0.259. The van der Waals surface area contributed by atoms with Crippen molar-refractivity contribution in [2.75, 3.05) is 50.6 Å². The molecule has 0 radical (unpaired) electrons. The van der Waals surface area contributed by atoms with E-state index in [2.05, 4.69) is 27.9 Å². The lowest BCUT2D eigenvalue weighted by molar-refractivity contribution is 0.0697. The van der Waals surface area contributed by atoms with E-state index in [-0.39, 0.29) is 13.1 Å². The molecule has 3 aromatic rings. The zero-order valence-corrected chi connectivity index (χ0v) is 23.1. The first-order chi connectivity index (χ1) is 18.1. The predicted molar refractivity (Wildman–Crippen MR) is 148 cm³/mol. The Morgan fingerprint density at radius 1 is 0.947 bits per heavy atom. The van der Waals surface area contributed by atoms with Crippen LogP contribution in [0.5, 0.6) is 11.5 Å². The third-order valence-corrected chi connectivity index (χ3v) is 7.08. The zero-order valence-electron chi connectivity index (χ0n) is 21.0. The largest absolute Gasteiger partial charge is 0.497 e. The molecule has 38 heavy (non-hydrogen) atoms. The predicted octanol–water partition coefficient (Wildman–Crippen LogP) is 5.30. The van der Waals surface area contributed by atoms with Gasteiger partial charge in [-0.3, -0.25) is 4.79 Å². The Bertz CT molecular complexity index is 1390. The fourth-order valence-electron chi connectivity index (χ4n) is 4.34. The van der Waals surface area contributed by atoms with E-state index in [1.165, 1.54) is 4.90 Å². The van der Waals surface area contributed by atoms with Gasteiger partial charge in [-0.1, -0.05) is 0 Å². The summed E-state index contributed by atoms with van der Waals surface area (Å²) in [7, 11) is 3.11. The van der Waals surface area contributed by atoms with Gasteiger partial charge in [0.1, 0.15) is 11.5 Å². The first-order valence-electron chi connectivity index (χ1n) is 11.7. The second kappa shape index (κ2) is 11.4. The number of halogens is 3. The number of amides is 1. The third kappa shape index (κ3) is 5.47. The van der Waals surface area contributed by atoms with Gasteiger partial charge in [0.05, 0.1) is 36.7 Å². The molecule has 0 saturated carbocycles. The lowest BCUT2D eigenvalue weighted by Gasteiger charge is -2.36. The molecule has 1 saturated heterocycles. The second-order valence-corrected chi connectivity index (χ2v) is 9.93. The first-order valence-corrected chi connectivity index (χ1v) is 12.8. The Morgan fingerprint density at radius 3 is 2.26 bits per heavy atom. The third-order valence-electron chi connectivity index (χ3n) is 6.41. The van der Waals surface area contributed by atoms with Gasteiger partial charge < -0.3 is 29.7 Å². The molecule has 11 heteroatoms. The van der Waals surface area contributed by atoms with Crippen LogP contribution in [-0.2, 0) is 0 Å².